The molecule has 0 radical (unpaired) electrons. The summed E-state index contributed by atoms with van der Waals surface area (Å²) in [6.07, 6.45) is 2.48. The number of amides is 1. The van der Waals surface area contributed by atoms with Crippen molar-refractivity contribution in [3.8, 4) is 0 Å². The van der Waals surface area contributed by atoms with Gasteiger partial charge in [0.15, 0.2) is 0 Å². The van der Waals surface area contributed by atoms with E-state index in [0.717, 1.165) is 5.69 Å². The summed E-state index contributed by atoms with van der Waals surface area (Å²) in [5.41, 5.74) is 0.720. The fraction of sp³-hybridized carbons (Fsp3) is 0.556. The van der Waals surface area contributed by atoms with Crippen LogP contribution < -0.4 is 4.90 Å². The molecule has 1 atom stereocenters. The number of carbonyl (C=O) groups is 2. The maximum Gasteiger partial charge on any atom is 0.326 e. The number of rotatable bonds is 8. The summed E-state index contributed by atoms with van der Waals surface area (Å²) in [4.78, 5) is 28.1. The van der Waals surface area contributed by atoms with Gasteiger partial charge in [0, 0.05) is 11.7 Å². The van der Waals surface area contributed by atoms with Crippen LogP contribution in [0.3, 0.4) is 0 Å². The Morgan fingerprint density at radius 1 is 1.22 bits per heavy atom. The van der Waals surface area contributed by atoms with Gasteiger partial charge in [-0.15, -0.1) is 0 Å². The molecule has 126 valence electrons. The van der Waals surface area contributed by atoms with E-state index in [0.29, 0.717) is 25.1 Å². The molecule has 1 aliphatic carbocycles. The summed E-state index contributed by atoms with van der Waals surface area (Å²) in [5, 5.41) is 0. The monoisotopic (exact) mass is 318 g/mol. The van der Waals surface area contributed by atoms with E-state index in [1.807, 2.05) is 37.4 Å². The van der Waals surface area contributed by atoms with Gasteiger partial charge >= 0.3 is 5.97 Å². The lowest BCUT2D eigenvalue weighted by molar-refractivity contribution is -0.142. The largest absolute Gasteiger partial charge is 0.465 e. The molecule has 0 spiro atoms. The highest BCUT2D eigenvalue weighted by Crippen LogP contribution is 2.34. The lowest BCUT2D eigenvalue weighted by atomic mass is 10.2. The van der Waals surface area contributed by atoms with Crippen LogP contribution in [0.25, 0.3) is 0 Å². The van der Waals surface area contributed by atoms with E-state index in [4.69, 9.17) is 4.74 Å². The molecular weight excluding hydrogens is 292 g/mol. The van der Waals surface area contributed by atoms with Gasteiger partial charge in [0.05, 0.1) is 13.2 Å². The summed E-state index contributed by atoms with van der Waals surface area (Å²) in [6, 6.07) is 9.66. The van der Waals surface area contributed by atoms with Gasteiger partial charge in [-0.1, -0.05) is 18.2 Å². The predicted octanol–water partition coefficient (Wildman–Crippen LogP) is 2.31. The maximum absolute atomic E-state index is 12.7. The van der Waals surface area contributed by atoms with Gasteiger partial charge in [0.1, 0.15) is 6.54 Å². The lowest BCUT2D eigenvalue weighted by Gasteiger charge is -2.28. The molecule has 0 aliphatic heterocycles. The van der Waals surface area contributed by atoms with E-state index in [1.165, 1.54) is 17.7 Å². The number of ether oxygens (including phenoxy) is 1. The minimum Gasteiger partial charge on any atom is -0.465 e. The molecule has 1 fully saturated rings. The van der Waals surface area contributed by atoms with E-state index in [-0.39, 0.29) is 18.4 Å². The first-order chi connectivity index (χ1) is 11.0. The van der Waals surface area contributed by atoms with Crippen LogP contribution in [0.5, 0.6) is 0 Å². The van der Waals surface area contributed by atoms with Crippen LogP contribution in [0, 0.1) is 5.92 Å². The number of hydrogen-bond donors (Lipinski definition) is 0. The molecule has 0 N–H and O–H groups in total. The molecule has 0 heterocycles. The molecule has 0 bridgehead atoms. The maximum atomic E-state index is 12.7. The number of nitrogens with zero attached hydrogens (tertiary/aromatic N) is 2. The van der Waals surface area contributed by atoms with Crippen LogP contribution in [-0.2, 0) is 14.3 Å². The standard InChI is InChI=1S/C18H26N2O3/c1-4-23-18(22)13-20(16-8-6-5-7-9-16)17(21)12-19(3)14(2)15-10-11-15/h5-9,14-15H,4,10-13H2,1-3H3. The summed E-state index contributed by atoms with van der Waals surface area (Å²) >= 11 is 0. The fourth-order valence-corrected chi connectivity index (χ4v) is 2.65. The van der Waals surface area contributed by atoms with Crippen molar-refractivity contribution in [1.29, 1.82) is 0 Å². The third-order valence-electron chi connectivity index (χ3n) is 4.35. The van der Waals surface area contributed by atoms with Crippen molar-refractivity contribution >= 4 is 17.6 Å². The van der Waals surface area contributed by atoms with Crippen molar-refractivity contribution in [3.63, 3.8) is 0 Å². The van der Waals surface area contributed by atoms with Gasteiger partial charge in [0.25, 0.3) is 0 Å². The number of likely N-dealkylation sites (N-methyl/N-ethyl adjacent to an activating group) is 1. The highest BCUT2D eigenvalue weighted by Gasteiger charge is 2.32. The number of para-hydroxylation sites is 1. The number of hydrogen-bond acceptors (Lipinski definition) is 4. The van der Waals surface area contributed by atoms with E-state index in [9.17, 15) is 9.59 Å². The third-order valence-corrected chi connectivity index (χ3v) is 4.35. The predicted molar refractivity (Wildman–Crippen MR) is 90.2 cm³/mol. The minimum atomic E-state index is -0.386. The molecule has 0 saturated heterocycles. The molecular formula is C18H26N2O3. The van der Waals surface area contributed by atoms with E-state index in [2.05, 4.69) is 11.8 Å². The Morgan fingerprint density at radius 3 is 2.43 bits per heavy atom. The Labute approximate surface area is 138 Å². The number of anilines is 1. The molecule has 2 rings (SSSR count). The van der Waals surface area contributed by atoms with Crippen LogP contribution >= 0.6 is 0 Å². The molecule has 1 aliphatic rings. The van der Waals surface area contributed by atoms with Gasteiger partial charge < -0.3 is 9.64 Å². The topological polar surface area (TPSA) is 49.9 Å². The van der Waals surface area contributed by atoms with Crippen LogP contribution in [0.4, 0.5) is 5.69 Å². The molecule has 5 nitrogen and oxygen atoms in total. The van der Waals surface area contributed by atoms with Gasteiger partial charge in [-0.2, -0.15) is 0 Å². The second-order valence-corrected chi connectivity index (χ2v) is 6.11. The van der Waals surface area contributed by atoms with Crippen LogP contribution in [-0.4, -0.2) is 49.6 Å². The Hall–Kier alpha value is -1.88. The second-order valence-electron chi connectivity index (χ2n) is 6.11. The van der Waals surface area contributed by atoms with Gasteiger partial charge in [-0.05, 0) is 51.8 Å². The zero-order valence-corrected chi connectivity index (χ0v) is 14.2. The molecule has 0 aromatic heterocycles. The van der Waals surface area contributed by atoms with Crippen LogP contribution in [0.1, 0.15) is 26.7 Å². The van der Waals surface area contributed by atoms with Crippen LogP contribution in [0.15, 0.2) is 30.3 Å². The Kier molecular flexibility index (Phi) is 6.16. The zero-order valence-electron chi connectivity index (χ0n) is 14.2. The average molecular weight is 318 g/mol. The van der Waals surface area contributed by atoms with E-state index in [1.54, 1.807) is 6.92 Å². The van der Waals surface area contributed by atoms with Gasteiger partial charge in [-0.25, -0.2) is 0 Å². The number of benzene rings is 1. The first kappa shape index (κ1) is 17.5. The van der Waals surface area contributed by atoms with Gasteiger partial charge in [0.2, 0.25) is 5.91 Å². The van der Waals surface area contributed by atoms with Gasteiger partial charge in [-0.3, -0.25) is 14.5 Å². The fourth-order valence-electron chi connectivity index (χ4n) is 2.65. The number of carbonyl (C=O) groups excluding carboxylic acids is 2. The zero-order chi connectivity index (χ0) is 16.8. The minimum absolute atomic E-state index is 0.0532. The number of esters is 1. The summed E-state index contributed by atoms with van der Waals surface area (Å²) in [6.45, 7) is 4.48. The van der Waals surface area contributed by atoms with E-state index >= 15 is 0 Å². The van der Waals surface area contributed by atoms with Crippen molar-refractivity contribution in [2.24, 2.45) is 5.92 Å². The molecule has 1 aromatic carbocycles. The van der Waals surface area contributed by atoms with Crippen molar-refractivity contribution in [2.75, 3.05) is 31.6 Å². The molecule has 1 amide bonds. The second kappa shape index (κ2) is 8.11. The van der Waals surface area contributed by atoms with Crippen molar-refractivity contribution in [3.05, 3.63) is 30.3 Å². The Bertz CT molecular complexity index is 528. The first-order valence-corrected chi connectivity index (χ1v) is 8.24. The normalized spacial score (nSPS) is 15.3. The summed E-state index contributed by atoms with van der Waals surface area (Å²) < 4.78 is 5.00. The molecule has 23 heavy (non-hydrogen) atoms. The Morgan fingerprint density at radius 2 is 1.87 bits per heavy atom. The molecule has 1 unspecified atom stereocenters. The first-order valence-electron chi connectivity index (χ1n) is 8.24. The van der Waals surface area contributed by atoms with Crippen LogP contribution in [0.2, 0.25) is 0 Å². The van der Waals surface area contributed by atoms with Crippen molar-refractivity contribution in [1.82, 2.24) is 4.90 Å². The summed E-state index contributed by atoms with van der Waals surface area (Å²) in [7, 11) is 1.97. The highest BCUT2D eigenvalue weighted by molar-refractivity contribution is 5.98. The van der Waals surface area contributed by atoms with Crippen molar-refractivity contribution < 1.29 is 14.3 Å². The SMILES string of the molecule is CCOC(=O)CN(C(=O)CN(C)C(C)C1CC1)c1ccccc1. The highest BCUT2D eigenvalue weighted by atomic mass is 16.5. The molecule has 1 saturated carbocycles. The quantitative estimate of drug-likeness (QED) is 0.690. The molecule has 5 heteroatoms. The summed E-state index contributed by atoms with van der Waals surface area (Å²) in [5.74, 6) is 0.227. The van der Waals surface area contributed by atoms with E-state index < -0.39 is 0 Å². The lowest BCUT2D eigenvalue weighted by Crippen LogP contribution is -2.44. The van der Waals surface area contributed by atoms with Crippen molar-refractivity contribution in [2.45, 2.75) is 32.7 Å². The third kappa shape index (κ3) is 5.06. The molecule has 1 aromatic rings. The Balaban J connectivity index is 2.05. The average Bonchev–Trinajstić information content (AvgIpc) is 3.37. The smallest absolute Gasteiger partial charge is 0.326 e.